The van der Waals surface area contributed by atoms with Crippen LogP contribution in [0.5, 0.6) is 5.75 Å². The molecule has 27 heavy (non-hydrogen) atoms. The Hall–Kier alpha value is -3.07. The Morgan fingerprint density at radius 1 is 0.926 bits per heavy atom. The van der Waals surface area contributed by atoms with Crippen LogP contribution in [0.15, 0.2) is 65.1 Å². The fourth-order valence-corrected chi connectivity index (χ4v) is 4.00. The molecule has 0 amide bonds. The number of rotatable bonds is 4. The van der Waals surface area contributed by atoms with Crippen molar-refractivity contribution in [3.05, 3.63) is 77.4 Å². The molecule has 4 aromatic rings. The zero-order valence-corrected chi connectivity index (χ0v) is 15.2. The predicted octanol–water partition coefficient (Wildman–Crippen LogP) is 5.72. The van der Waals surface area contributed by atoms with Crippen LogP contribution in [0.3, 0.4) is 0 Å². The van der Waals surface area contributed by atoms with E-state index in [0.717, 1.165) is 40.3 Å². The van der Waals surface area contributed by atoms with Crippen LogP contribution in [0, 0.1) is 0 Å². The van der Waals surface area contributed by atoms with Crippen LogP contribution in [-0.4, -0.2) is 11.9 Å². The van der Waals surface area contributed by atoms with Crippen molar-refractivity contribution in [3.8, 4) is 5.75 Å². The van der Waals surface area contributed by atoms with Crippen molar-refractivity contribution in [2.75, 3.05) is 0 Å². The number of Topliss-reactive ketones (excluding diaryl/α,β-unsaturated/α-hetero) is 1. The Balaban J connectivity index is 1.42. The third-order valence-electron chi connectivity index (χ3n) is 5.41. The number of hydrogen-bond acceptors (Lipinski definition) is 3. The summed E-state index contributed by atoms with van der Waals surface area (Å²) in [6, 6.07) is 19.7. The maximum absolute atomic E-state index is 12.8. The minimum Gasteiger partial charge on any atom is -0.483 e. The van der Waals surface area contributed by atoms with Crippen LogP contribution in [0.2, 0.25) is 0 Å². The van der Waals surface area contributed by atoms with Crippen molar-refractivity contribution in [2.45, 2.75) is 32.3 Å². The number of hydrogen-bond donors (Lipinski definition) is 0. The Bertz CT molecular complexity index is 1170. The third-order valence-corrected chi connectivity index (χ3v) is 5.41. The largest absolute Gasteiger partial charge is 0.483 e. The van der Waals surface area contributed by atoms with Gasteiger partial charge in [0.2, 0.25) is 5.78 Å². The first-order valence-corrected chi connectivity index (χ1v) is 9.43. The SMILES string of the molecule is C[C@@H](Oc1ccc2oc3ccccc3c2c1)C(=O)c1ccc2c(c1)CCC2. The Morgan fingerprint density at radius 3 is 2.67 bits per heavy atom. The summed E-state index contributed by atoms with van der Waals surface area (Å²) >= 11 is 0. The van der Waals surface area contributed by atoms with E-state index in [-0.39, 0.29) is 5.78 Å². The Morgan fingerprint density at radius 2 is 1.74 bits per heavy atom. The summed E-state index contributed by atoms with van der Waals surface area (Å²) in [4.78, 5) is 12.8. The summed E-state index contributed by atoms with van der Waals surface area (Å²) < 4.78 is 11.8. The number of aryl methyl sites for hydroxylation is 2. The summed E-state index contributed by atoms with van der Waals surface area (Å²) in [5.41, 5.74) is 5.09. The molecular weight excluding hydrogens is 336 g/mol. The molecule has 0 aliphatic heterocycles. The van der Waals surface area contributed by atoms with E-state index in [1.807, 2.05) is 61.5 Å². The molecule has 0 fully saturated rings. The van der Waals surface area contributed by atoms with Crippen LogP contribution in [0.25, 0.3) is 21.9 Å². The molecule has 3 aromatic carbocycles. The van der Waals surface area contributed by atoms with Gasteiger partial charge < -0.3 is 9.15 Å². The van der Waals surface area contributed by atoms with Crippen molar-refractivity contribution < 1.29 is 13.9 Å². The molecule has 0 bridgehead atoms. The molecule has 1 aromatic heterocycles. The standard InChI is InChI=1S/C24H20O3/c1-15(24(25)18-10-9-16-5-4-6-17(16)13-18)26-19-11-12-23-21(14-19)20-7-2-3-8-22(20)27-23/h2-3,7-15H,4-6H2,1H3/t15-/m1/s1. The lowest BCUT2D eigenvalue weighted by atomic mass is 10.0. The number of furan rings is 1. The first-order valence-electron chi connectivity index (χ1n) is 9.43. The highest BCUT2D eigenvalue weighted by atomic mass is 16.5. The number of ether oxygens (including phenoxy) is 1. The fraction of sp³-hybridized carbons (Fsp3) is 0.208. The van der Waals surface area contributed by atoms with Crippen LogP contribution < -0.4 is 4.74 Å². The number of benzene rings is 3. The van der Waals surface area contributed by atoms with Gasteiger partial charge in [-0.1, -0.05) is 30.3 Å². The van der Waals surface area contributed by atoms with Gasteiger partial charge in [0.1, 0.15) is 16.9 Å². The van der Waals surface area contributed by atoms with E-state index in [2.05, 4.69) is 6.07 Å². The van der Waals surface area contributed by atoms with Gasteiger partial charge in [-0.2, -0.15) is 0 Å². The molecule has 5 rings (SSSR count). The molecular formula is C24H20O3. The van der Waals surface area contributed by atoms with Gasteiger partial charge in [-0.3, -0.25) is 4.79 Å². The van der Waals surface area contributed by atoms with E-state index in [1.54, 1.807) is 0 Å². The summed E-state index contributed by atoms with van der Waals surface area (Å²) in [5, 5.41) is 2.05. The van der Waals surface area contributed by atoms with Gasteiger partial charge in [-0.05, 0) is 67.6 Å². The second-order valence-electron chi connectivity index (χ2n) is 7.22. The third kappa shape index (κ3) is 2.80. The Kier molecular flexibility index (Phi) is 3.75. The summed E-state index contributed by atoms with van der Waals surface area (Å²) in [6.07, 6.45) is 2.82. The molecule has 1 atom stereocenters. The van der Waals surface area contributed by atoms with E-state index in [9.17, 15) is 4.79 Å². The highest BCUT2D eigenvalue weighted by Gasteiger charge is 2.20. The molecule has 0 unspecified atom stereocenters. The first-order chi connectivity index (χ1) is 13.2. The van der Waals surface area contributed by atoms with Crippen molar-refractivity contribution in [3.63, 3.8) is 0 Å². The molecule has 1 aliphatic carbocycles. The first kappa shape index (κ1) is 16.1. The molecule has 3 nitrogen and oxygen atoms in total. The van der Waals surface area contributed by atoms with E-state index >= 15 is 0 Å². The number of para-hydroxylation sites is 1. The van der Waals surface area contributed by atoms with Crippen LogP contribution in [0.1, 0.15) is 34.8 Å². The quantitative estimate of drug-likeness (QED) is 0.439. The average molecular weight is 356 g/mol. The van der Waals surface area contributed by atoms with Crippen LogP contribution >= 0.6 is 0 Å². The topological polar surface area (TPSA) is 39.4 Å². The Labute approximate surface area is 157 Å². The molecule has 3 heteroatoms. The summed E-state index contributed by atoms with van der Waals surface area (Å²) in [6.45, 7) is 1.81. The zero-order chi connectivity index (χ0) is 18.4. The predicted molar refractivity (Wildman–Crippen MR) is 107 cm³/mol. The highest BCUT2D eigenvalue weighted by molar-refractivity contribution is 6.05. The fourth-order valence-electron chi connectivity index (χ4n) is 4.00. The molecule has 134 valence electrons. The zero-order valence-electron chi connectivity index (χ0n) is 15.2. The van der Waals surface area contributed by atoms with Crippen molar-refractivity contribution in [1.29, 1.82) is 0 Å². The molecule has 1 aliphatic rings. The second kappa shape index (κ2) is 6.27. The number of carbonyl (C=O) groups excluding carboxylic acids is 1. The number of fused-ring (bicyclic) bond motifs is 4. The maximum Gasteiger partial charge on any atom is 0.203 e. The molecule has 1 heterocycles. The van der Waals surface area contributed by atoms with Gasteiger partial charge in [0.15, 0.2) is 6.10 Å². The lowest BCUT2D eigenvalue weighted by molar-refractivity contribution is 0.0818. The second-order valence-corrected chi connectivity index (χ2v) is 7.22. The smallest absolute Gasteiger partial charge is 0.203 e. The molecule has 0 saturated carbocycles. The van der Waals surface area contributed by atoms with Gasteiger partial charge in [0, 0.05) is 16.3 Å². The lowest BCUT2D eigenvalue weighted by Gasteiger charge is -2.14. The van der Waals surface area contributed by atoms with E-state index in [4.69, 9.17) is 9.15 Å². The van der Waals surface area contributed by atoms with E-state index in [1.165, 1.54) is 17.5 Å². The monoisotopic (exact) mass is 356 g/mol. The molecule has 0 N–H and O–H groups in total. The van der Waals surface area contributed by atoms with E-state index in [0.29, 0.717) is 5.75 Å². The van der Waals surface area contributed by atoms with Crippen molar-refractivity contribution in [1.82, 2.24) is 0 Å². The van der Waals surface area contributed by atoms with E-state index < -0.39 is 6.10 Å². The van der Waals surface area contributed by atoms with Gasteiger partial charge in [0.25, 0.3) is 0 Å². The number of carbonyl (C=O) groups is 1. The van der Waals surface area contributed by atoms with Crippen LogP contribution in [-0.2, 0) is 12.8 Å². The van der Waals surface area contributed by atoms with Gasteiger partial charge in [0.05, 0.1) is 0 Å². The van der Waals surface area contributed by atoms with Crippen LogP contribution in [0.4, 0.5) is 0 Å². The maximum atomic E-state index is 12.8. The van der Waals surface area contributed by atoms with Gasteiger partial charge in [-0.25, -0.2) is 0 Å². The van der Waals surface area contributed by atoms with Gasteiger partial charge >= 0.3 is 0 Å². The minimum atomic E-state index is -0.542. The van der Waals surface area contributed by atoms with Gasteiger partial charge in [-0.15, -0.1) is 0 Å². The molecule has 0 saturated heterocycles. The average Bonchev–Trinajstić information content (AvgIpc) is 3.30. The summed E-state index contributed by atoms with van der Waals surface area (Å²) in [5.74, 6) is 0.693. The van der Waals surface area contributed by atoms with Crippen molar-refractivity contribution >= 4 is 27.7 Å². The normalized spacial score (nSPS) is 14.4. The molecule has 0 radical (unpaired) electrons. The van der Waals surface area contributed by atoms with Crippen molar-refractivity contribution in [2.24, 2.45) is 0 Å². The molecule has 0 spiro atoms. The summed E-state index contributed by atoms with van der Waals surface area (Å²) in [7, 11) is 0. The highest BCUT2D eigenvalue weighted by Crippen LogP contribution is 2.32. The minimum absolute atomic E-state index is 0.0156. The lowest BCUT2D eigenvalue weighted by Crippen LogP contribution is -2.24. The number of ketones is 1.